The Bertz CT molecular complexity index is 404. The smallest absolute Gasteiger partial charge is 0.199 e. The molecular weight excluding hydrogens is 228 g/mol. The molecule has 1 heterocycles. The van der Waals surface area contributed by atoms with Gasteiger partial charge in [-0.25, -0.2) is 9.97 Å². The van der Waals surface area contributed by atoms with E-state index in [4.69, 9.17) is 21.6 Å². The fourth-order valence-electron chi connectivity index (χ4n) is 1.33. The third-order valence-electron chi connectivity index (χ3n) is 2.08. The molecule has 0 aliphatic heterocycles. The molecule has 1 aromatic rings. The molecule has 0 radical (unpaired) electrons. The number of aromatic nitrogens is 2. The van der Waals surface area contributed by atoms with E-state index in [-0.39, 0.29) is 11.1 Å². The Kier molecular flexibility index (Phi) is 4.32. The van der Waals surface area contributed by atoms with E-state index in [1.807, 2.05) is 18.9 Å². The fraction of sp³-hybridized carbons (Fsp3) is 0.500. The van der Waals surface area contributed by atoms with Crippen LogP contribution in [0.2, 0.25) is 5.15 Å². The number of halogens is 1. The first-order valence-electron chi connectivity index (χ1n) is 4.75. The van der Waals surface area contributed by atoms with Gasteiger partial charge >= 0.3 is 0 Å². The number of anilines is 1. The van der Waals surface area contributed by atoms with E-state index in [2.05, 4.69) is 16.0 Å². The molecule has 0 aliphatic rings. The van der Waals surface area contributed by atoms with Crippen molar-refractivity contribution in [3.8, 4) is 11.8 Å². The van der Waals surface area contributed by atoms with Crippen molar-refractivity contribution >= 4 is 17.4 Å². The Balaban J connectivity index is 2.95. The van der Waals surface area contributed by atoms with Crippen molar-refractivity contribution in [1.29, 1.82) is 5.26 Å². The minimum atomic E-state index is -0.0940. The molecule has 0 aromatic carbocycles. The van der Waals surface area contributed by atoms with E-state index in [0.717, 1.165) is 0 Å². The van der Waals surface area contributed by atoms with Gasteiger partial charge in [0, 0.05) is 13.6 Å². The highest BCUT2D eigenvalue weighted by molar-refractivity contribution is 6.31. The van der Waals surface area contributed by atoms with Crippen LogP contribution in [0.25, 0.3) is 0 Å². The normalized spacial score (nSPS) is 11.7. The highest BCUT2D eigenvalue weighted by Gasteiger charge is 2.15. The van der Waals surface area contributed by atoms with Crippen LogP contribution in [-0.4, -0.2) is 30.7 Å². The van der Waals surface area contributed by atoms with E-state index >= 15 is 0 Å². The summed E-state index contributed by atoms with van der Waals surface area (Å²) in [6.45, 7) is 2.39. The number of rotatable bonds is 4. The van der Waals surface area contributed by atoms with Crippen LogP contribution in [0.5, 0.6) is 5.75 Å². The van der Waals surface area contributed by atoms with Gasteiger partial charge in [-0.3, -0.25) is 0 Å². The molecule has 1 unspecified atom stereocenters. The number of methoxy groups -OCH3 is 1. The predicted octanol–water partition coefficient (Wildman–Crippen LogP) is 1.73. The largest absolute Gasteiger partial charge is 0.490 e. The monoisotopic (exact) mass is 240 g/mol. The third kappa shape index (κ3) is 2.74. The van der Waals surface area contributed by atoms with Crippen molar-refractivity contribution in [2.45, 2.75) is 6.92 Å². The molecule has 0 aliphatic carbocycles. The third-order valence-corrected chi connectivity index (χ3v) is 2.34. The van der Waals surface area contributed by atoms with E-state index < -0.39 is 0 Å². The minimum absolute atomic E-state index is 0.0940. The van der Waals surface area contributed by atoms with Gasteiger partial charge in [0.05, 0.1) is 19.1 Å². The molecule has 0 saturated carbocycles. The van der Waals surface area contributed by atoms with Crippen molar-refractivity contribution in [2.24, 2.45) is 5.92 Å². The highest BCUT2D eigenvalue weighted by Crippen LogP contribution is 2.30. The summed E-state index contributed by atoms with van der Waals surface area (Å²) in [5.41, 5.74) is 0. The van der Waals surface area contributed by atoms with E-state index in [0.29, 0.717) is 18.1 Å². The molecule has 86 valence electrons. The van der Waals surface area contributed by atoms with Gasteiger partial charge < -0.3 is 9.64 Å². The van der Waals surface area contributed by atoms with Gasteiger partial charge in [-0.05, 0) is 6.92 Å². The van der Waals surface area contributed by atoms with Gasteiger partial charge in [-0.15, -0.1) is 0 Å². The first-order chi connectivity index (χ1) is 7.60. The molecule has 1 aromatic heterocycles. The average molecular weight is 241 g/mol. The molecule has 0 fully saturated rings. The van der Waals surface area contributed by atoms with Crippen molar-refractivity contribution in [3.05, 3.63) is 11.5 Å². The summed E-state index contributed by atoms with van der Waals surface area (Å²) < 4.78 is 5.13. The lowest BCUT2D eigenvalue weighted by molar-refractivity contribution is 0.410. The second kappa shape index (κ2) is 5.52. The van der Waals surface area contributed by atoms with E-state index in [9.17, 15) is 0 Å². The van der Waals surface area contributed by atoms with Crippen LogP contribution in [0, 0.1) is 17.2 Å². The Morgan fingerprint density at radius 1 is 1.62 bits per heavy atom. The summed E-state index contributed by atoms with van der Waals surface area (Å²) in [4.78, 5) is 9.74. The Hall–Kier alpha value is -1.54. The molecule has 1 rings (SSSR count). The summed E-state index contributed by atoms with van der Waals surface area (Å²) in [7, 11) is 3.34. The quantitative estimate of drug-likeness (QED) is 0.750. The van der Waals surface area contributed by atoms with E-state index in [1.165, 1.54) is 13.4 Å². The van der Waals surface area contributed by atoms with Crippen molar-refractivity contribution in [1.82, 2.24) is 9.97 Å². The molecule has 0 N–H and O–H groups in total. The molecule has 0 spiro atoms. The zero-order valence-corrected chi connectivity index (χ0v) is 10.2. The molecule has 0 bridgehead atoms. The van der Waals surface area contributed by atoms with Crippen molar-refractivity contribution in [3.63, 3.8) is 0 Å². The molecular formula is C10H13ClN4O. The molecule has 6 heteroatoms. The minimum Gasteiger partial charge on any atom is -0.490 e. The standard InChI is InChI=1S/C10H13ClN4O/c1-7(4-12)5-15(2)10-8(16-3)9(11)13-6-14-10/h6-7H,5H2,1-3H3. The maximum absolute atomic E-state index is 8.74. The second-order valence-electron chi connectivity index (χ2n) is 3.43. The summed E-state index contributed by atoms with van der Waals surface area (Å²) in [6, 6.07) is 2.16. The predicted molar refractivity (Wildman–Crippen MR) is 61.6 cm³/mol. The van der Waals surface area contributed by atoms with E-state index in [1.54, 1.807) is 0 Å². The zero-order chi connectivity index (χ0) is 12.1. The van der Waals surface area contributed by atoms with Crippen LogP contribution < -0.4 is 9.64 Å². The second-order valence-corrected chi connectivity index (χ2v) is 3.79. The van der Waals surface area contributed by atoms with Gasteiger partial charge in [0.2, 0.25) is 0 Å². The zero-order valence-electron chi connectivity index (χ0n) is 9.44. The van der Waals surface area contributed by atoms with Crippen LogP contribution in [-0.2, 0) is 0 Å². The SMILES string of the molecule is COc1c(Cl)ncnc1N(C)CC(C)C#N. The van der Waals surface area contributed by atoms with Crippen molar-refractivity contribution < 1.29 is 4.74 Å². The molecule has 5 nitrogen and oxygen atoms in total. The van der Waals surface area contributed by atoms with Gasteiger partial charge in [-0.1, -0.05) is 11.6 Å². The first kappa shape index (κ1) is 12.5. The number of nitriles is 1. The lowest BCUT2D eigenvalue weighted by Gasteiger charge is -2.21. The molecule has 1 atom stereocenters. The molecule has 0 saturated heterocycles. The van der Waals surface area contributed by atoms with Gasteiger partial charge in [-0.2, -0.15) is 5.26 Å². The Morgan fingerprint density at radius 3 is 2.88 bits per heavy atom. The summed E-state index contributed by atoms with van der Waals surface area (Å²) in [5.74, 6) is 0.921. The summed E-state index contributed by atoms with van der Waals surface area (Å²) in [5, 5.41) is 9.01. The number of nitrogens with zero attached hydrogens (tertiary/aromatic N) is 4. The number of hydrogen-bond donors (Lipinski definition) is 0. The molecule has 0 amide bonds. The number of hydrogen-bond acceptors (Lipinski definition) is 5. The summed E-state index contributed by atoms with van der Waals surface area (Å²) in [6.07, 6.45) is 1.37. The Labute approximate surface area is 99.6 Å². The lowest BCUT2D eigenvalue weighted by atomic mass is 10.2. The maximum atomic E-state index is 8.74. The van der Waals surface area contributed by atoms with Gasteiger partial charge in [0.15, 0.2) is 16.7 Å². The summed E-state index contributed by atoms with van der Waals surface area (Å²) >= 11 is 5.88. The van der Waals surface area contributed by atoms with Crippen molar-refractivity contribution in [2.75, 3.05) is 25.6 Å². The highest BCUT2D eigenvalue weighted by atomic mass is 35.5. The fourth-order valence-corrected chi connectivity index (χ4v) is 1.53. The topological polar surface area (TPSA) is 62.0 Å². The van der Waals surface area contributed by atoms with Gasteiger partial charge in [0.25, 0.3) is 0 Å². The van der Waals surface area contributed by atoms with Crippen LogP contribution in [0.1, 0.15) is 6.92 Å². The van der Waals surface area contributed by atoms with Gasteiger partial charge in [0.1, 0.15) is 6.33 Å². The Morgan fingerprint density at radius 2 is 2.31 bits per heavy atom. The molecule has 16 heavy (non-hydrogen) atoms. The average Bonchev–Trinajstić information content (AvgIpc) is 2.28. The van der Waals surface area contributed by atoms with Crippen LogP contribution >= 0.6 is 11.6 Å². The van der Waals surface area contributed by atoms with Crippen LogP contribution in [0.4, 0.5) is 5.82 Å². The van der Waals surface area contributed by atoms with Crippen LogP contribution in [0.15, 0.2) is 6.33 Å². The first-order valence-corrected chi connectivity index (χ1v) is 5.13. The number of ether oxygens (including phenoxy) is 1. The van der Waals surface area contributed by atoms with Crippen LogP contribution in [0.3, 0.4) is 0 Å². The maximum Gasteiger partial charge on any atom is 0.199 e. The lowest BCUT2D eigenvalue weighted by Crippen LogP contribution is -2.24.